The van der Waals surface area contributed by atoms with Crippen LogP contribution in [0.1, 0.15) is 0 Å². The maximum atomic E-state index is 9.77. The largest absolute Gasteiger partial charge is 0.320 e. The van der Waals surface area contributed by atoms with Gasteiger partial charge in [-0.05, 0) is 0 Å². The smallest absolute Gasteiger partial charge is 0.290 e. The number of hydrogen-bond donors (Lipinski definition) is 1. The monoisotopic (exact) mass is 96.0 g/mol. The van der Waals surface area contributed by atoms with E-state index in [4.69, 9.17) is 0 Å². The van der Waals surface area contributed by atoms with Gasteiger partial charge < -0.3 is 0 Å². The van der Waals surface area contributed by atoms with Crippen LogP contribution in [-0.4, -0.2) is 12.1 Å². The third kappa shape index (κ3) is 0.721. The van der Waals surface area contributed by atoms with Crippen LogP contribution in [0, 0.1) is 0 Å². The maximum Gasteiger partial charge on any atom is 0.320 e. The second kappa shape index (κ2) is 1.66. The molecule has 0 amide bonds. The first-order valence-corrected chi connectivity index (χ1v) is 1.88. The second-order valence-corrected chi connectivity index (χ2v) is 1.09. The molecule has 0 saturated carbocycles. The lowest BCUT2D eigenvalue weighted by Gasteiger charge is -1.66. The minimum absolute atomic E-state index is 0.375. The molecule has 0 aromatic heterocycles. The lowest BCUT2D eigenvalue weighted by atomic mass is 10.7. The number of aliphatic imine (C=N–C) groups is 1. The normalized spacial score (nSPS) is 16.9. The Morgan fingerprint density at radius 1 is 1.86 bits per heavy atom. The Hall–Kier alpha value is -0.960. The van der Waals surface area contributed by atoms with Crippen LogP contribution in [0.5, 0.6) is 0 Å². The Kier molecular flexibility index (Phi) is 0.997. The third-order valence-electron chi connectivity index (χ3n) is 0.631. The molecule has 0 aliphatic carbocycles. The van der Waals surface area contributed by atoms with Crippen molar-refractivity contribution in [2.45, 2.75) is 0 Å². The van der Waals surface area contributed by atoms with E-state index in [1.54, 1.807) is 6.20 Å². The summed E-state index contributed by atoms with van der Waals surface area (Å²) in [4.78, 5) is 13.4. The summed E-state index contributed by atoms with van der Waals surface area (Å²) in [5, 5.41) is 2.61. The van der Waals surface area contributed by atoms with E-state index < -0.39 is 0 Å². The number of nitrogens with one attached hydrogen (secondary N) is 1. The van der Waals surface area contributed by atoms with Crippen LogP contribution in [0.3, 0.4) is 0 Å². The number of rotatable bonds is 1. The molecule has 1 radical (unpaired) electrons. The number of amidine groups is 1. The molecule has 0 fully saturated rings. The minimum Gasteiger partial charge on any atom is -0.290 e. The van der Waals surface area contributed by atoms with Crippen LogP contribution in [0.4, 0.5) is 0 Å². The van der Waals surface area contributed by atoms with E-state index in [2.05, 4.69) is 10.3 Å². The van der Waals surface area contributed by atoms with Crippen LogP contribution >= 0.6 is 0 Å². The summed E-state index contributed by atoms with van der Waals surface area (Å²) in [6, 6.07) is 0. The van der Waals surface area contributed by atoms with E-state index in [-0.39, 0.29) is 0 Å². The van der Waals surface area contributed by atoms with Crippen molar-refractivity contribution >= 4 is 12.1 Å². The van der Waals surface area contributed by atoms with Crippen molar-refractivity contribution in [2.75, 3.05) is 0 Å². The number of aldehydes is 1. The molecule has 0 saturated heterocycles. The highest BCUT2D eigenvalue weighted by molar-refractivity contribution is 6.22. The third-order valence-corrected chi connectivity index (χ3v) is 0.631. The Morgan fingerprint density at radius 3 is 3.00 bits per heavy atom. The van der Waals surface area contributed by atoms with Gasteiger partial charge in [0.15, 0.2) is 6.20 Å². The minimum atomic E-state index is 0.375. The van der Waals surface area contributed by atoms with Gasteiger partial charge in [-0.15, -0.1) is 0 Å². The fraction of sp³-hybridized carbons (Fsp3) is 0. The topological polar surface area (TPSA) is 45.0 Å². The van der Waals surface area contributed by atoms with Gasteiger partial charge in [0.2, 0.25) is 6.29 Å². The summed E-state index contributed by atoms with van der Waals surface area (Å²) in [5.74, 6) is 0.375. The van der Waals surface area contributed by atoms with Gasteiger partial charge in [-0.3, -0.25) is 4.79 Å². The van der Waals surface area contributed by atoms with E-state index in [1.807, 2.05) is 0 Å². The molecule has 0 bridgehead atoms. The van der Waals surface area contributed by atoms with E-state index in [9.17, 15) is 4.79 Å². The van der Waals surface area contributed by atoms with Gasteiger partial charge in [0.25, 0.3) is 0 Å². The highest BCUT2D eigenvalue weighted by Gasteiger charge is 2.05. The van der Waals surface area contributed by atoms with Crippen molar-refractivity contribution in [3.05, 3.63) is 12.4 Å². The van der Waals surface area contributed by atoms with Crippen LogP contribution in [0.15, 0.2) is 17.4 Å². The highest BCUT2D eigenvalue weighted by atomic mass is 16.1. The number of carbonyl (C=O) groups is 1. The number of carbonyl (C=O) groups excluding carboxylic acids is 1. The molecule has 35 valence electrons. The van der Waals surface area contributed by atoms with Gasteiger partial charge in [-0.1, -0.05) is 5.32 Å². The number of hydrogen-bond acceptors (Lipinski definition) is 3. The van der Waals surface area contributed by atoms with Crippen molar-refractivity contribution in [1.82, 2.24) is 0 Å². The molecule has 0 aromatic rings. The summed E-state index contributed by atoms with van der Waals surface area (Å²) in [6.45, 7) is 0. The molecule has 7 heavy (non-hydrogen) atoms. The summed E-state index contributed by atoms with van der Waals surface area (Å²) in [7, 11) is 0. The standard InChI is InChI=1S/C4H4N2O/c7-3-4-5-1-2-6-4/h1-3,5H/q+1. The molecule has 1 aliphatic rings. The molecular formula is C4H4N2O+. The Balaban J connectivity index is 2.61. The van der Waals surface area contributed by atoms with E-state index in [0.717, 1.165) is 0 Å². The molecule has 3 heteroatoms. The Bertz CT molecular complexity index is 137. The molecule has 1 heterocycles. The number of nitrogens with zero attached hydrogens (tertiary/aromatic N) is 1. The van der Waals surface area contributed by atoms with Crippen molar-refractivity contribution in [1.29, 1.82) is 0 Å². The first-order valence-electron chi connectivity index (χ1n) is 1.88. The maximum absolute atomic E-state index is 9.77. The van der Waals surface area contributed by atoms with Gasteiger partial charge >= 0.3 is 5.84 Å². The predicted molar refractivity (Wildman–Crippen MR) is 23.6 cm³/mol. The lowest BCUT2D eigenvalue weighted by Crippen LogP contribution is -2.81. The fourth-order valence-electron chi connectivity index (χ4n) is 0.342. The predicted octanol–water partition coefficient (Wildman–Crippen LogP) is -1.58. The molecular weight excluding hydrogens is 92.1 g/mol. The van der Waals surface area contributed by atoms with E-state index in [1.165, 1.54) is 6.20 Å². The van der Waals surface area contributed by atoms with Crippen LogP contribution < -0.4 is 5.32 Å². The molecule has 3 nitrogen and oxygen atoms in total. The average Bonchev–Trinajstić information content (AvgIpc) is 2.14. The van der Waals surface area contributed by atoms with Crippen LogP contribution in [-0.2, 0) is 4.79 Å². The molecule has 0 spiro atoms. The SMILES string of the molecule is O=CC1=NC=C[NH+]1. The zero-order chi connectivity index (χ0) is 5.11. The molecule has 0 aromatic carbocycles. The van der Waals surface area contributed by atoms with E-state index in [0.29, 0.717) is 12.1 Å². The average molecular weight is 96.1 g/mol. The summed E-state index contributed by atoms with van der Waals surface area (Å²) in [5.41, 5.74) is 0. The summed E-state index contributed by atoms with van der Waals surface area (Å²) >= 11 is 0. The lowest BCUT2D eigenvalue weighted by molar-refractivity contribution is -0.454. The zero-order valence-electron chi connectivity index (χ0n) is 3.59. The second-order valence-electron chi connectivity index (χ2n) is 1.09. The molecule has 1 N–H and O–H groups in total. The van der Waals surface area contributed by atoms with Gasteiger partial charge in [0.05, 0.1) is 6.20 Å². The molecule has 0 atom stereocenters. The van der Waals surface area contributed by atoms with Crippen LogP contribution in [0.25, 0.3) is 0 Å². The summed E-state index contributed by atoms with van der Waals surface area (Å²) < 4.78 is 0. The van der Waals surface area contributed by atoms with Crippen molar-refractivity contribution in [2.24, 2.45) is 4.99 Å². The Labute approximate surface area is 40.7 Å². The quantitative estimate of drug-likeness (QED) is 0.393. The Morgan fingerprint density at radius 2 is 2.71 bits per heavy atom. The van der Waals surface area contributed by atoms with Gasteiger partial charge in [-0.2, -0.15) is 4.99 Å². The first kappa shape index (κ1) is 4.21. The van der Waals surface area contributed by atoms with Gasteiger partial charge in [-0.25, -0.2) is 0 Å². The zero-order valence-corrected chi connectivity index (χ0v) is 3.59. The molecule has 0 unspecified atom stereocenters. The van der Waals surface area contributed by atoms with Crippen molar-refractivity contribution < 1.29 is 10.1 Å². The van der Waals surface area contributed by atoms with Gasteiger partial charge in [0, 0.05) is 0 Å². The fourth-order valence-corrected chi connectivity index (χ4v) is 0.342. The van der Waals surface area contributed by atoms with Gasteiger partial charge in [0.1, 0.15) is 0 Å². The molecule has 1 rings (SSSR count). The highest BCUT2D eigenvalue weighted by Crippen LogP contribution is 1.71. The van der Waals surface area contributed by atoms with Crippen molar-refractivity contribution in [3.63, 3.8) is 0 Å². The first-order chi connectivity index (χ1) is 3.43. The van der Waals surface area contributed by atoms with E-state index >= 15 is 0 Å². The van der Waals surface area contributed by atoms with Crippen molar-refractivity contribution in [3.8, 4) is 0 Å². The van der Waals surface area contributed by atoms with Crippen LogP contribution in [0.2, 0.25) is 0 Å². The molecule has 1 aliphatic heterocycles. The summed E-state index contributed by atoms with van der Waals surface area (Å²) in [6.07, 6.45) is 3.80.